The molecule has 0 bridgehead atoms. The Balaban J connectivity index is 2.09. The van der Waals surface area contributed by atoms with Crippen molar-refractivity contribution in [3.8, 4) is 0 Å². The van der Waals surface area contributed by atoms with Crippen molar-refractivity contribution in [1.29, 1.82) is 0 Å². The average molecular weight is 249 g/mol. The van der Waals surface area contributed by atoms with Crippen LogP contribution >= 0.6 is 0 Å². The molecule has 1 atom stereocenters. The molecule has 0 saturated carbocycles. The molecule has 0 aromatic carbocycles. The Morgan fingerprint density at radius 2 is 2.17 bits per heavy atom. The van der Waals surface area contributed by atoms with Crippen LogP contribution < -0.4 is 11.1 Å². The van der Waals surface area contributed by atoms with E-state index in [2.05, 4.69) is 27.1 Å². The third-order valence-corrected chi connectivity index (χ3v) is 3.59. The fourth-order valence-corrected chi connectivity index (χ4v) is 2.44. The molecule has 5 heteroatoms. The number of hydrogen-bond donors (Lipinski definition) is 2. The number of aryl methyl sites for hydroxylation is 1. The number of nitrogens with one attached hydrogen (secondary N) is 1. The van der Waals surface area contributed by atoms with Crippen LogP contribution in [-0.2, 0) is 0 Å². The molecule has 18 heavy (non-hydrogen) atoms. The van der Waals surface area contributed by atoms with Gasteiger partial charge >= 0.3 is 0 Å². The largest absolute Gasteiger partial charge is 0.383 e. The van der Waals surface area contributed by atoms with E-state index in [4.69, 9.17) is 5.73 Å². The highest BCUT2D eigenvalue weighted by Gasteiger charge is 2.20. The number of nitrogens with two attached hydrogens (primary N) is 1. The highest BCUT2D eigenvalue weighted by molar-refractivity contribution is 5.55. The minimum atomic E-state index is 0.464. The highest BCUT2D eigenvalue weighted by atomic mass is 15.2. The van der Waals surface area contributed by atoms with Gasteiger partial charge in [-0.2, -0.15) is 0 Å². The molecule has 5 nitrogen and oxygen atoms in total. The minimum Gasteiger partial charge on any atom is -0.383 e. The van der Waals surface area contributed by atoms with Crippen molar-refractivity contribution < 1.29 is 0 Å². The lowest BCUT2D eigenvalue weighted by Gasteiger charge is -2.32. The van der Waals surface area contributed by atoms with E-state index in [1.807, 2.05) is 13.8 Å². The zero-order valence-corrected chi connectivity index (χ0v) is 11.5. The number of anilines is 2. The molecular formula is C13H23N5. The third-order valence-electron chi connectivity index (χ3n) is 3.59. The van der Waals surface area contributed by atoms with Gasteiger partial charge < -0.3 is 16.0 Å². The van der Waals surface area contributed by atoms with E-state index in [1.54, 1.807) is 0 Å². The molecule has 2 heterocycles. The molecule has 1 saturated heterocycles. The Labute approximate surface area is 109 Å². The molecule has 1 aliphatic heterocycles. The number of aromatic nitrogens is 2. The van der Waals surface area contributed by atoms with Gasteiger partial charge in [-0.25, -0.2) is 9.97 Å². The second-order valence-corrected chi connectivity index (χ2v) is 5.01. The lowest BCUT2D eigenvalue weighted by molar-refractivity contribution is 0.226. The Kier molecular flexibility index (Phi) is 4.01. The SMILES string of the molecule is CCN1CCCC(Nc2nc(C)nc(N)c2C)C1. The molecule has 0 radical (unpaired) electrons. The molecule has 1 unspecified atom stereocenters. The van der Waals surface area contributed by atoms with Crippen molar-refractivity contribution >= 4 is 11.6 Å². The molecule has 3 N–H and O–H groups in total. The number of hydrogen-bond acceptors (Lipinski definition) is 5. The van der Waals surface area contributed by atoms with Gasteiger partial charge in [0.25, 0.3) is 0 Å². The summed E-state index contributed by atoms with van der Waals surface area (Å²) in [5.74, 6) is 2.19. The van der Waals surface area contributed by atoms with E-state index in [9.17, 15) is 0 Å². The molecule has 1 fully saturated rings. The van der Waals surface area contributed by atoms with E-state index < -0.39 is 0 Å². The normalized spacial score (nSPS) is 20.9. The lowest BCUT2D eigenvalue weighted by atomic mass is 10.1. The first kappa shape index (κ1) is 13.1. The minimum absolute atomic E-state index is 0.464. The Bertz CT molecular complexity index is 418. The number of piperidine rings is 1. The second kappa shape index (κ2) is 5.52. The van der Waals surface area contributed by atoms with Gasteiger partial charge in [0.1, 0.15) is 17.5 Å². The number of likely N-dealkylation sites (tertiary alicyclic amines) is 1. The Morgan fingerprint density at radius 3 is 2.89 bits per heavy atom. The van der Waals surface area contributed by atoms with E-state index in [-0.39, 0.29) is 0 Å². The summed E-state index contributed by atoms with van der Waals surface area (Å²) in [6.45, 7) is 9.46. The van der Waals surface area contributed by atoms with Crippen LogP contribution in [0.25, 0.3) is 0 Å². The van der Waals surface area contributed by atoms with Crippen LogP contribution in [0.2, 0.25) is 0 Å². The molecule has 0 spiro atoms. The van der Waals surface area contributed by atoms with Crippen LogP contribution in [-0.4, -0.2) is 40.5 Å². The summed E-state index contributed by atoms with van der Waals surface area (Å²) in [5, 5.41) is 3.52. The average Bonchev–Trinajstić information content (AvgIpc) is 2.35. The number of nitrogen functional groups attached to an aromatic ring is 1. The summed E-state index contributed by atoms with van der Waals surface area (Å²) in [6.07, 6.45) is 2.43. The second-order valence-electron chi connectivity index (χ2n) is 5.01. The molecule has 100 valence electrons. The zero-order chi connectivity index (χ0) is 13.1. The lowest BCUT2D eigenvalue weighted by Crippen LogP contribution is -2.42. The first-order chi connectivity index (χ1) is 8.60. The summed E-state index contributed by atoms with van der Waals surface area (Å²) >= 11 is 0. The van der Waals surface area contributed by atoms with Crippen molar-refractivity contribution in [3.63, 3.8) is 0 Å². The third kappa shape index (κ3) is 2.90. The fourth-order valence-electron chi connectivity index (χ4n) is 2.44. The van der Waals surface area contributed by atoms with Gasteiger partial charge in [0, 0.05) is 18.2 Å². The van der Waals surface area contributed by atoms with Gasteiger partial charge in [-0.3, -0.25) is 0 Å². The molecule has 1 aliphatic rings. The number of nitrogens with zero attached hydrogens (tertiary/aromatic N) is 3. The maximum Gasteiger partial charge on any atom is 0.135 e. The van der Waals surface area contributed by atoms with Crippen LogP contribution in [0.3, 0.4) is 0 Å². The first-order valence-corrected chi connectivity index (χ1v) is 6.69. The molecular weight excluding hydrogens is 226 g/mol. The van der Waals surface area contributed by atoms with E-state index >= 15 is 0 Å². The molecule has 2 rings (SSSR count). The molecule has 1 aromatic heterocycles. The van der Waals surface area contributed by atoms with Gasteiger partial charge in [0.05, 0.1) is 0 Å². The Hall–Kier alpha value is -1.36. The van der Waals surface area contributed by atoms with Crippen molar-refractivity contribution in [3.05, 3.63) is 11.4 Å². The van der Waals surface area contributed by atoms with E-state index in [0.29, 0.717) is 11.9 Å². The van der Waals surface area contributed by atoms with Crippen molar-refractivity contribution in [1.82, 2.24) is 14.9 Å². The monoisotopic (exact) mass is 249 g/mol. The maximum absolute atomic E-state index is 5.88. The molecule has 0 aliphatic carbocycles. The molecule has 1 aromatic rings. The maximum atomic E-state index is 5.88. The van der Waals surface area contributed by atoms with E-state index in [0.717, 1.165) is 30.3 Å². The summed E-state index contributed by atoms with van der Waals surface area (Å²) < 4.78 is 0. The standard InChI is InChI=1S/C13H23N5/c1-4-18-7-5-6-11(8-18)17-13-9(2)12(14)15-10(3)16-13/h11H,4-8H2,1-3H3,(H3,14,15,16,17). The predicted octanol–water partition coefficient (Wildman–Crippen LogP) is 1.57. The van der Waals surface area contributed by atoms with E-state index in [1.165, 1.54) is 19.4 Å². The van der Waals surface area contributed by atoms with Crippen molar-refractivity contribution in [2.45, 2.75) is 39.7 Å². The smallest absolute Gasteiger partial charge is 0.135 e. The van der Waals surface area contributed by atoms with Gasteiger partial charge in [-0.15, -0.1) is 0 Å². The van der Waals surface area contributed by atoms with Gasteiger partial charge in [0.2, 0.25) is 0 Å². The zero-order valence-electron chi connectivity index (χ0n) is 11.5. The summed E-state index contributed by atoms with van der Waals surface area (Å²) in [5.41, 5.74) is 6.83. The highest BCUT2D eigenvalue weighted by Crippen LogP contribution is 2.20. The fraction of sp³-hybridized carbons (Fsp3) is 0.692. The Morgan fingerprint density at radius 1 is 1.39 bits per heavy atom. The number of rotatable bonds is 3. The van der Waals surface area contributed by atoms with Crippen LogP contribution in [0.5, 0.6) is 0 Å². The van der Waals surface area contributed by atoms with Crippen LogP contribution in [0.4, 0.5) is 11.6 Å². The van der Waals surface area contributed by atoms with Crippen molar-refractivity contribution in [2.24, 2.45) is 0 Å². The first-order valence-electron chi connectivity index (χ1n) is 6.69. The van der Waals surface area contributed by atoms with Crippen LogP contribution in [0.15, 0.2) is 0 Å². The van der Waals surface area contributed by atoms with Crippen LogP contribution in [0.1, 0.15) is 31.2 Å². The summed E-state index contributed by atoms with van der Waals surface area (Å²) in [4.78, 5) is 11.1. The quantitative estimate of drug-likeness (QED) is 0.851. The van der Waals surface area contributed by atoms with Gasteiger partial charge in [-0.05, 0) is 39.8 Å². The van der Waals surface area contributed by atoms with Gasteiger partial charge in [-0.1, -0.05) is 6.92 Å². The summed E-state index contributed by atoms with van der Waals surface area (Å²) in [7, 11) is 0. The van der Waals surface area contributed by atoms with Gasteiger partial charge in [0.15, 0.2) is 0 Å². The predicted molar refractivity (Wildman–Crippen MR) is 74.7 cm³/mol. The van der Waals surface area contributed by atoms with Crippen LogP contribution in [0, 0.1) is 13.8 Å². The molecule has 0 amide bonds. The summed E-state index contributed by atoms with van der Waals surface area (Å²) in [6, 6.07) is 0.464. The van der Waals surface area contributed by atoms with Crippen molar-refractivity contribution in [2.75, 3.05) is 30.7 Å². The number of likely N-dealkylation sites (N-methyl/N-ethyl adjacent to an activating group) is 1. The topological polar surface area (TPSA) is 67.1 Å².